The first-order valence-electron chi connectivity index (χ1n) is 7.64. The van der Waals surface area contributed by atoms with Crippen molar-refractivity contribution in [3.8, 4) is 0 Å². The van der Waals surface area contributed by atoms with Crippen LogP contribution in [0.15, 0.2) is 52.6 Å². The van der Waals surface area contributed by atoms with Gasteiger partial charge in [-0.2, -0.15) is 9.41 Å². The molecule has 2 N–H and O–H groups in total. The highest BCUT2D eigenvalue weighted by atomic mass is 32.2. The van der Waals surface area contributed by atoms with E-state index in [1.54, 1.807) is 24.4 Å². The lowest BCUT2D eigenvalue weighted by molar-refractivity contribution is 0.0955. The van der Waals surface area contributed by atoms with Gasteiger partial charge in [-0.25, -0.2) is 13.8 Å². The maximum absolute atomic E-state index is 12.5. The van der Waals surface area contributed by atoms with E-state index in [9.17, 15) is 13.2 Å². The number of carbonyl (C=O) groups excluding carboxylic acids is 1. The van der Waals surface area contributed by atoms with E-state index in [0.717, 1.165) is 18.5 Å². The van der Waals surface area contributed by atoms with Gasteiger partial charge in [-0.05, 0) is 43.2 Å². The summed E-state index contributed by atoms with van der Waals surface area (Å²) in [6, 6.07) is 9.63. The number of hydrogen-bond donors (Lipinski definition) is 2. The van der Waals surface area contributed by atoms with E-state index in [1.165, 1.54) is 22.7 Å². The van der Waals surface area contributed by atoms with Gasteiger partial charge in [0.05, 0.1) is 16.8 Å². The van der Waals surface area contributed by atoms with E-state index in [0.29, 0.717) is 13.1 Å². The third-order valence-corrected chi connectivity index (χ3v) is 5.69. The van der Waals surface area contributed by atoms with Crippen LogP contribution in [0.5, 0.6) is 0 Å². The number of nitrogens with zero attached hydrogens (tertiary/aromatic N) is 2. The fourth-order valence-corrected chi connectivity index (χ4v) is 4.09. The molecule has 0 unspecified atom stereocenters. The molecule has 7 nitrogen and oxygen atoms in total. The van der Waals surface area contributed by atoms with Gasteiger partial charge >= 0.3 is 0 Å². The molecule has 0 saturated carbocycles. The summed E-state index contributed by atoms with van der Waals surface area (Å²) in [7, 11) is -3.54. The molecule has 0 spiro atoms. The molecule has 8 heteroatoms. The van der Waals surface area contributed by atoms with Crippen LogP contribution >= 0.6 is 0 Å². The number of H-pyrrole nitrogens is 1. The highest BCUT2D eigenvalue weighted by Crippen LogP contribution is 2.21. The second-order valence-electron chi connectivity index (χ2n) is 5.46. The standard InChI is InChI=1S/C16H18N4O3S/c21-16(19-18-12-14-6-4-8-17-14)13-5-3-7-15(11-13)24(22,23)20-9-1-2-10-20/h3-8,11-12,17H,1-2,9-10H2,(H,19,21). The molecule has 1 aliphatic rings. The molecule has 2 heterocycles. The van der Waals surface area contributed by atoms with Crippen molar-refractivity contribution < 1.29 is 13.2 Å². The van der Waals surface area contributed by atoms with E-state index < -0.39 is 15.9 Å². The monoisotopic (exact) mass is 346 g/mol. The number of aromatic amines is 1. The fourth-order valence-electron chi connectivity index (χ4n) is 2.52. The lowest BCUT2D eigenvalue weighted by Gasteiger charge is -2.15. The van der Waals surface area contributed by atoms with Crippen molar-refractivity contribution in [1.82, 2.24) is 14.7 Å². The third kappa shape index (κ3) is 3.55. The zero-order valence-electron chi connectivity index (χ0n) is 13.0. The minimum Gasteiger partial charge on any atom is -0.360 e. The second-order valence-corrected chi connectivity index (χ2v) is 7.40. The van der Waals surface area contributed by atoms with Crippen LogP contribution in [0.1, 0.15) is 28.9 Å². The van der Waals surface area contributed by atoms with Gasteiger partial charge in [-0.15, -0.1) is 0 Å². The predicted molar refractivity (Wildman–Crippen MR) is 90.3 cm³/mol. The van der Waals surface area contributed by atoms with Crippen LogP contribution in [0, 0.1) is 0 Å². The summed E-state index contributed by atoms with van der Waals surface area (Å²) in [6.45, 7) is 1.05. The largest absolute Gasteiger partial charge is 0.360 e. The van der Waals surface area contributed by atoms with Crippen LogP contribution in [0.25, 0.3) is 0 Å². The molecule has 126 valence electrons. The highest BCUT2D eigenvalue weighted by Gasteiger charge is 2.27. The summed E-state index contributed by atoms with van der Waals surface area (Å²) in [5.41, 5.74) is 3.39. The number of amides is 1. The van der Waals surface area contributed by atoms with Gasteiger partial charge in [0.2, 0.25) is 10.0 Å². The molecule has 1 aromatic heterocycles. The van der Waals surface area contributed by atoms with Crippen LogP contribution in [0.3, 0.4) is 0 Å². The Bertz CT molecular complexity index is 838. The molecular weight excluding hydrogens is 328 g/mol. The van der Waals surface area contributed by atoms with Crippen LogP contribution in [0.4, 0.5) is 0 Å². The number of nitrogens with one attached hydrogen (secondary N) is 2. The Kier molecular flexibility index (Phi) is 4.77. The number of benzene rings is 1. The average Bonchev–Trinajstić information content (AvgIpc) is 3.29. The Morgan fingerprint density at radius 3 is 2.71 bits per heavy atom. The molecule has 1 saturated heterocycles. The van der Waals surface area contributed by atoms with Crippen molar-refractivity contribution in [3.63, 3.8) is 0 Å². The quantitative estimate of drug-likeness (QED) is 0.635. The number of aromatic nitrogens is 1. The SMILES string of the molecule is O=C(NN=Cc1ccc[nH]1)c1cccc(S(=O)(=O)N2CCCC2)c1. The molecule has 0 aliphatic carbocycles. The first-order valence-corrected chi connectivity index (χ1v) is 9.08. The molecular formula is C16H18N4O3S. The van der Waals surface area contributed by atoms with Gasteiger partial charge in [-0.3, -0.25) is 4.79 Å². The second kappa shape index (κ2) is 6.98. The van der Waals surface area contributed by atoms with Gasteiger partial charge in [0.15, 0.2) is 0 Å². The van der Waals surface area contributed by atoms with Gasteiger partial charge in [0.1, 0.15) is 0 Å². The Morgan fingerprint density at radius 2 is 2.00 bits per heavy atom. The van der Waals surface area contributed by atoms with Crippen LogP contribution in [-0.2, 0) is 10.0 Å². The average molecular weight is 346 g/mol. The van der Waals surface area contributed by atoms with Crippen molar-refractivity contribution >= 4 is 22.1 Å². The lowest BCUT2D eigenvalue weighted by atomic mass is 10.2. The van der Waals surface area contributed by atoms with E-state index in [-0.39, 0.29) is 10.5 Å². The molecule has 0 atom stereocenters. The molecule has 1 aromatic carbocycles. The molecule has 0 bridgehead atoms. The molecule has 0 radical (unpaired) electrons. The Hall–Kier alpha value is -2.45. The number of hydrogen-bond acceptors (Lipinski definition) is 4. The molecule has 1 aliphatic heterocycles. The van der Waals surface area contributed by atoms with E-state index in [4.69, 9.17) is 0 Å². The summed E-state index contributed by atoms with van der Waals surface area (Å²) >= 11 is 0. The van der Waals surface area contributed by atoms with E-state index >= 15 is 0 Å². The summed E-state index contributed by atoms with van der Waals surface area (Å²) < 4.78 is 26.5. The fraction of sp³-hybridized carbons (Fsp3) is 0.250. The number of sulfonamides is 1. The number of hydrazone groups is 1. The summed E-state index contributed by atoms with van der Waals surface area (Å²) in [5.74, 6) is -0.462. The zero-order chi connectivity index (χ0) is 17.0. The smallest absolute Gasteiger partial charge is 0.271 e. The zero-order valence-corrected chi connectivity index (χ0v) is 13.8. The van der Waals surface area contributed by atoms with Gasteiger partial charge in [0.25, 0.3) is 5.91 Å². The maximum atomic E-state index is 12.5. The highest BCUT2D eigenvalue weighted by molar-refractivity contribution is 7.89. The number of rotatable bonds is 5. The van der Waals surface area contributed by atoms with Crippen LogP contribution in [0.2, 0.25) is 0 Å². The number of carbonyl (C=O) groups is 1. The summed E-state index contributed by atoms with van der Waals surface area (Å²) in [4.78, 5) is 15.2. The van der Waals surface area contributed by atoms with Crippen LogP contribution < -0.4 is 5.43 Å². The van der Waals surface area contributed by atoms with Crippen molar-refractivity contribution in [2.75, 3.05) is 13.1 Å². The molecule has 3 rings (SSSR count). The summed E-state index contributed by atoms with van der Waals surface area (Å²) in [5, 5.41) is 3.84. The first kappa shape index (κ1) is 16.4. The first-order chi connectivity index (χ1) is 11.6. The van der Waals surface area contributed by atoms with Gasteiger partial charge in [-0.1, -0.05) is 6.07 Å². The van der Waals surface area contributed by atoms with Gasteiger partial charge < -0.3 is 4.98 Å². The van der Waals surface area contributed by atoms with Crippen molar-refractivity contribution in [2.24, 2.45) is 5.10 Å². The maximum Gasteiger partial charge on any atom is 0.271 e. The minimum atomic E-state index is -3.54. The molecule has 2 aromatic rings. The predicted octanol–water partition coefficient (Wildman–Crippen LogP) is 1.56. The minimum absolute atomic E-state index is 0.130. The topological polar surface area (TPSA) is 94.6 Å². The molecule has 1 fully saturated rings. The van der Waals surface area contributed by atoms with Crippen molar-refractivity contribution in [1.29, 1.82) is 0 Å². The molecule has 24 heavy (non-hydrogen) atoms. The van der Waals surface area contributed by atoms with Gasteiger partial charge in [0, 0.05) is 24.8 Å². The van der Waals surface area contributed by atoms with Crippen molar-refractivity contribution in [3.05, 3.63) is 53.9 Å². The Labute approximate surface area is 140 Å². The Morgan fingerprint density at radius 1 is 1.21 bits per heavy atom. The Balaban J connectivity index is 1.73. The molecule has 1 amide bonds. The van der Waals surface area contributed by atoms with Crippen LogP contribution in [-0.4, -0.2) is 42.9 Å². The van der Waals surface area contributed by atoms with E-state index in [1.807, 2.05) is 6.07 Å². The normalized spacial score (nSPS) is 15.8. The lowest BCUT2D eigenvalue weighted by Crippen LogP contribution is -2.28. The van der Waals surface area contributed by atoms with Crippen molar-refractivity contribution in [2.45, 2.75) is 17.7 Å². The summed E-state index contributed by atoms with van der Waals surface area (Å²) in [6.07, 6.45) is 4.96. The third-order valence-electron chi connectivity index (χ3n) is 3.79. The van der Waals surface area contributed by atoms with E-state index in [2.05, 4.69) is 15.5 Å².